The molecule has 1 aromatic rings. The lowest BCUT2D eigenvalue weighted by atomic mass is 10.2. The van der Waals surface area contributed by atoms with Crippen molar-refractivity contribution in [3.05, 3.63) is 30.3 Å². The van der Waals surface area contributed by atoms with Crippen LogP contribution >= 0.6 is 0 Å². The highest BCUT2D eigenvalue weighted by atomic mass is 16.2. The van der Waals surface area contributed by atoms with Crippen LogP contribution in [-0.2, 0) is 9.59 Å². The Kier molecular flexibility index (Phi) is 4.24. The molecule has 0 saturated carbocycles. The average molecular weight is 276 g/mol. The number of carbonyl (C=O) groups excluding carboxylic acids is 2. The first-order valence-corrected chi connectivity index (χ1v) is 6.66. The molecule has 2 amide bonds. The third kappa shape index (κ3) is 2.91. The first kappa shape index (κ1) is 14.3. The van der Waals surface area contributed by atoms with Crippen molar-refractivity contribution in [3.63, 3.8) is 0 Å². The van der Waals surface area contributed by atoms with E-state index in [4.69, 9.17) is 5.73 Å². The number of hydrogen-bond donors (Lipinski definition) is 2. The third-order valence-corrected chi connectivity index (χ3v) is 3.36. The maximum Gasteiger partial charge on any atom is 0.239 e. The third-order valence-electron chi connectivity index (χ3n) is 3.36. The molecule has 1 heterocycles. The fourth-order valence-electron chi connectivity index (χ4n) is 2.60. The highest BCUT2D eigenvalue weighted by Crippen LogP contribution is 2.29. The molecule has 2 atom stereocenters. The molecule has 1 aromatic carbocycles. The van der Waals surface area contributed by atoms with Crippen molar-refractivity contribution in [2.24, 2.45) is 5.73 Å². The van der Waals surface area contributed by atoms with Crippen molar-refractivity contribution in [2.45, 2.75) is 32.5 Å². The van der Waals surface area contributed by atoms with Gasteiger partial charge in [0.2, 0.25) is 11.8 Å². The quantitative estimate of drug-likeness (QED) is 0.837. The summed E-state index contributed by atoms with van der Waals surface area (Å²) >= 11 is 0. The second kappa shape index (κ2) is 5.92. The van der Waals surface area contributed by atoms with Gasteiger partial charge in [-0.2, -0.15) is 0 Å². The second-order valence-corrected chi connectivity index (χ2v) is 4.99. The summed E-state index contributed by atoms with van der Waals surface area (Å²) in [4.78, 5) is 22.9. The van der Waals surface area contributed by atoms with E-state index < -0.39 is 5.91 Å². The van der Waals surface area contributed by atoms with Crippen LogP contribution < -0.4 is 16.1 Å². The van der Waals surface area contributed by atoms with E-state index in [0.29, 0.717) is 0 Å². The Bertz CT molecular complexity index is 491. The van der Waals surface area contributed by atoms with Gasteiger partial charge in [-0.3, -0.25) is 19.9 Å². The summed E-state index contributed by atoms with van der Waals surface area (Å²) in [5, 5.41) is 6.65. The fraction of sp³-hybridized carbons (Fsp3) is 0.429. The van der Waals surface area contributed by atoms with Crippen LogP contribution in [0.3, 0.4) is 0 Å². The van der Waals surface area contributed by atoms with Crippen LogP contribution in [0.1, 0.15) is 20.3 Å². The Hall–Kier alpha value is -2.08. The first-order chi connectivity index (χ1) is 9.50. The van der Waals surface area contributed by atoms with E-state index in [1.54, 1.807) is 5.01 Å². The SMILES string of the molecule is CC(=O)N1[C@H](NCC(N)=O)C[C@@H](C)N1c1ccccc1. The Morgan fingerprint density at radius 1 is 1.35 bits per heavy atom. The van der Waals surface area contributed by atoms with Gasteiger partial charge in [0.25, 0.3) is 0 Å². The lowest BCUT2D eigenvalue weighted by Gasteiger charge is -2.34. The number of carbonyl (C=O) groups is 2. The van der Waals surface area contributed by atoms with Crippen molar-refractivity contribution in [3.8, 4) is 0 Å². The number of rotatable bonds is 4. The minimum Gasteiger partial charge on any atom is -0.369 e. The normalized spacial score (nSPS) is 22.1. The van der Waals surface area contributed by atoms with E-state index in [2.05, 4.69) is 12.2 Å². The van der Waals surface area contributed by atoms with Gasteiger partial charge in [0.15, 0.2) is 0 Å². The van der Waals surface area contributed by atoms with Gasteiger partial charge in [0.05, 0.1) is 18.3 Å². The highest BCUT2D eigenvalue weighted by molar-refractivity contribution is 5.78. The van der Waals surface area contributed by atoms with E-state index in [1.807, 2.05) is 35.3 Å². The van der Waals surface area contributed by atoms with E-state index in [-0.39, 0.29) is 24.7 Å². The van der Waals surface area contributed by atoms with Crippen molar-refractivity contribution in [2.75, 3.05) is 11.6 Å². The number of nitrogens with two attached hydrogens (primary N) is 1. The molecule has 3 N–H and O–H groups in total. The Morgan fingerprint density at radius 2 is 2.00 bits per heavy atom. The second-order valence-electron chi connectivity index (χ2n) is 4.99. The Labute approximate surface area is 118 Å². The molecule has 0 spiro atoms. The van der Waals surface area contributed by atoms with Crippen molar-refractivity contribution >= 4 is 17.5 Å². The van der Waals surface area contributed by atoms with Gasteiger partial charge in [0, 0.05) is 13.3 Å². The minimum absolute atomic E-state index is 0.0593. The number of nitrogens with zero attached hydrogens (tertiary/aromatic N) is 2. The largest absolute Gasteiger partial charge is 0.369 e. The molecule has 1 fully saturated rings. The molecule has 1 aliphatic rings. The number of anilines is 1. The maximum atomic E-state index is 12.0. The van der Waals surface area contributed by atoms with E-state index in [1.165, 1.54) is 6.92 Å². The summed E-state index contributed by atoms with van der Waals surface area (Å²) in [6, 6.07) is 9.89. The number of primary amides is 1. The van der Waals surface area contributed by atoms with Crippen LogP contribution in [0.4, 0.5) is 5.69 Å². The smallest absolute Gasteiger partial charge is 0.239 e. The molecule has 0 radical (unpaired) electrons. The van der Waals surface area contributed by atoms with E-state index in [0.717, 1.165) is 12.1 Å². The van der Waals surface area contributed by atoms with Crippen molar-refractivity contribution in [1.29, 1.82) is 0 Å². The summed E-state index contributed by atoms with van der Waals surface area (Å²) in [6.45, 7) is 3.63. The molecule has 0 aliphatic carbocycles. The average Bonchev–Trinajstić information content (AvgIpc) is 2.74. The minimum atomic E-state index is -0.431. The molecular weight excluding hydrogens is 256 g/mol. The molecule has 0 aromatic heterocycles. The summed E-state index contributed by atoms with van der Waals surface area (Å²) in [5.41, 5.74) is 6.11. The summed E-state index contributed by atoms with van der Waals surface area (Å²) in [6.07, 6.45) is 0.525. The molecule has 20 heavy (non-hydrogen) atoms. The molecule has 1 saturated heterocycles. The molecule has 108 valence electrons. The number of hydrazine groups is 1. The first-order valence-electron chi connectivity index (χ1n) is 6.66. The van der Waals surface area contributed by atoms with Crippen LogP contribution in [0.15, 0.2) is 30.3 Å². The predicted octanol–water partition coefficient (Wildman–Crippen LogP) is 0.450. The zero-order valence-electron chi connectivity index (χ0n) is 11.7. The molecule has 0 unspecified atom stereocenters. The molecular formula is C14H20N4O2. The van der Waals surface area contributed by atoms with Gasteiger partial charge in [-0.15, -0.1) is 0 Å². The van der Waals surface area contributed by atoms with Crippen molar-refractivity contribution in [1.82, 2.24) is 10.3 Å². The Morgan fingerprint density at radius 3 is 2.55 bits per heavy atom. The molecule has 0 bridgehead atoms. The number of para-hydroxylation sites is 1. The van der Waals surface area contributed by atoms with Gasteiger partial charge in [-0.1, -0.05) is 18.2 Å². The van der Waals surface area contributed by atoms with Gasteiger partial charge in [-0.25, -0.2) is 5.01 Å². The molecule has 6 nitrogen and oxygen atoms in total. The number of hydrogen-bond acceptors (Lipinski definition) is 4. The van der Waals surface area contributed by atoms with Crippen LogP contribution in [0.25, 0.3) is 0 Å². The lowest BCUT2D eigenvalue weighted by Crippen LogP contribution is -2.52. The fourth-order valence-corrected chi connectivity index (χ4v) is 2.60. The standard InChI is InChI=1S/C14H20N4O2/c1-10-8-14(16-9-13(15)20)18(11(2)19)17(10)12-6-4-3-5-7-12/h3-7,10,14,16H,8-9H2,1-2H3,(H2,15,20)/t10-,14+/m1/s1. The van der Waals surface area contributed by atoms with Crippen molar-refractivity contribution < 1.29 is 9.59 Å². The monoisotopic (exact) mass is 276 g/mol. The molecule has 2 rings (SSSR count). The van der Waals surface area contributed by atoms with Gasteiger partial charge in [0.1, 0.15) is 6.17 Å². The van der Waals surface area contributed by atoms with Gasteiger partial charge < -0.3 is 5.73 Å². The summed E-state index contributed by atoms with van der Waals surface area (Å²) < 4.78 is 0. The zero-order chi connectivity index (χ0) is 14.7. The predicted molar refractivity (Wildman–Crippen MR) is 76.5 cm³/mol. The van der Waals surface area contributed by atoms with Gasteiger partial charge in [-0.05, 0) is 19.1 Å². The molecule has 6 heteroatoms. The summed E-state index contributed by atoms with van der Waals surface area (Å²) in [5.74, 6) is -0.500. The number of amides is 2. The lowest BCUT2D eigenvalue weighted by molar-refractivity contribution is -0.131. The van der Waals surface area contributed by atoms with Crippen LogP contribution in [0.5, 0.6) is 0 Å². The van der Waals surface area contributed by atoms with Crippen LogP contribution in [0, 0.1) is 0 Å². The Balaban J connectivity index is 2.23. The van der Waals surface area contributed by atoms with Crippen LogP contribution in [0.2, 0.25) is 0 Å². The van der Waals surface area contributed by atoms with E-state index >= 15 is 0 Å². The number of benzene rings is 1. The zero-order valence-corrected chi connectivity index (χ0v) is 11.7. The van der Waals surface area contributed by atoms with Gasteiger partial charge >= 0.3 is 0 Å². The van der Waals surface area contributed by atoms with E-state index in [9.17, 15) is 9.59 Å². The van der Waals surface area contributed by atoms with Crippen LogP contribution in [-0.4, -0.2) is 35.6 Å². The maximum absolute atomic E-state index is 12.0. The summed E-state index contributed by atoms with van der Waals surface area (Å²) in [7, 11) is 0. The number of nitrogens with one attached hydrogen (secondary N) is 1. The highest BCUT2D eigenvalue weighted by Gasteiger charge is 2.38. The molecule has 1 aliphatic heterocycles. The topological polar surface area (TPSA) is 78.7 Å².